The van der Waals surface area contributed by atoms with Crippen LogP contribution in [-0.2, 0) is 16.0 Å². The number of aliphatic carboxylic acids is 1. The van der Waals surface area contributed by atoms with Crippen molar-refractivity contribution in [2.75, 3.05) is 26.2 Å². The van der Waals surface area contributed by atoms with Gasteiger partial charge in [-0.05, 0) is 13.0 Å². The Labute approximate surface area is 111 Å². The summed E-state index contributed by atoms with van der Waals surface area (Å²) in [4.78, 5) is 17.0. The molecule has 1 atom stereocenters. The first-order valence-electron chi connectivity index (χ1n) is 6.57. The number of carbonyl (C=O) groups is 1. The molecule has 1 aromatic heterocycles. The first-order valence-corrected chi connectivity index (χ1v) is 6.57. The lowest BCUT2D eigenvalue weighted by atomic mass is 10.2. The predicted molar refractivity (Wildman–Crippen MR) is 65.7 cm³/mol. The molecule has 1 fully saturated rings. The lowest BCUT2D eigenvalue weighted by Crippen LogP contribution is -2.38. The average molecular weight is 269 g/mol. The monoisotopic (exact) mass is 269 g/mol. The van der Waals surface area contributed by atoms with E-state index in [2.05, 4.69) is 22.0 Å². The highest BCUT2D eigenvalue weighted by atomic mass is 16.5. The lowest BCUT2D eigenvalue weighted by Gasteiger charge is -2.30. The highest BCUT2D eigenvalue weighted by molar-refractivity contribution is 5.66. The molecule has 0 saturated carbocycles. The van der Waals surface area contributed by atoms with Gasteiger partial charge >= 0.3 is 5.97 Å². The molecule has 2 heterocycles. The van der Waals surface area contributed by atoms with Crippen molar-refractivity contribution in [3.8, 4) is 0 Å². The summed E-state index contributed by atoms with van der Waals surface area (Å²) in [6.07, 6.45) is 0.958. The maximum Gasteiger partial charge on any atom is 0.303 e. The minimum absolute atomic E-state index is 0.112. The molecule has 1 saturated heterocycles. The van der Waals surface area contributed by atoms with Gasteiger partial charge in [0.2, 0.25) is 11.7 Å². The van der Waals surface area contributed by atoms with Gasteiger partial charge < -0.3 is 14.4 Å². The summed E-state index contributed by atoms with van der Waals surface area (Å²) in [5.41, 5.74) is 0. The van der Waals surface area contributed by atoms with Crippen LogP contribution in [0.5, 0.6) is 0 Å². The number of hydrogen-bond acceptors (Lipinski definition) is 6. The van der Waals surface area contributed by atoms with Crippen LogP contribution in [0.1, 0.15) is 37.6 Å². The molecule has 0 aliphatic carbocycles. The number of carboxylic acid groups (broad SMARTS) is 1. The van der Waals surface area contributed by atoms with Crippen LogP contribution in [0, 0.1) is 0 Å². The van der Waals surface area contributed by atoms with E-state index < -0.39 is 5.97 Å². The Bertz CT molecular complexity index is 421. The van der Waals surface area contributed by atoms with Crippen molar-refractivity contribution in [1.82, 2.24) is 15.0 Å². The maximum atomic E-state index is 10.4. The number of rotatable bonds is 6. The topological polar surface area (TPSA) is 88.7 Å². The second-order valence-corrected chi connectivity index (χ2v) is 4.55. The molecule has 0 bridgehead atoms. The van der Waals surface area contributed by atoms with Gasteiger partial charge in [0.25, 0.3) is 0 Å². The molecule has 7 nitrogen and oxygen atoms in total. The Kier molecular flexibility index (Phi) is 4.86. The molecule has 1 N–H and O–H groups in total. The molecule has 0 spiro atoms. The van der Waals surface area contributed by atoms with Crippen LogP contribution in [0.4, 0.5) is 0 Å². The molecule has 19 heavy (non-hydrogen) atoms. The van der Waals surface area contributed by atoms with Crippen molar-refractivity contribution >= 4 is 5.97 Å². The van der Waals surface area contributed by atoms with E-state index in [0.29, 0.717) is 31.2 Å². The summed E-state index contributed by atoms with van der Waals surface area (Å²) in [5.74, 6) is 0.228. The van der Waals surface area contributed by atoms with E-state index in [-0.39, 0.29) is 12.5 Å². The summed E-state index contributed by atoms with van der Waals surface area (Å²) >= 11 is 0. The lowest BCUT2D eigenvalue weighted by molar-refractivity contribution is -0.137. The Morgan fingerprint density at radius 2 is 2.42 bits per heavy atom. The standard InChI is InChI=1S/C12H19N3O4/c1-2-15-6-7-18-9(8-15)12-13-10(19-14-12)4-3-5-11(16)17/h9H,2-8H2,1H3,(H,16,17). The molecule has 0 amide bonds. The minimum Gasteiger partial charge on any atom is -0.481 e. The maximum absolute atomic E-state index is 10.4. The minimum atomic E-state index is -0.811. The van der Waals surface area contributed by atoms with Crippen LogP contribution < -0.4 is 0 Å². The smallest absolute Gasteiger partial charge is 0.303 e. The zero-order valence-electron chi connectivity index (χ0n) is 11.0. The molecule has 1 aliphatic heterocycles. The number of morpholine rings is 1. The number of hydrogen-bond donors (Lipinski definition) is 1. The van der Waals surface area contributed by atoms with Crippen LogP contribution in [0.2, 0.25) is 0 Å². The molecule has 7 heteroatoms. The molecule has 0 aromatic carbocycles. The van der Waals surface area contributed by atoms with E-state index in [1.807, 2.05) is 0 Å². The van der Waals surface area contributed by atoms with Gasteiger partial charge in [0.15, 0.2) is 0 Å². The predicted octanol–water partition coefficient (Wildman–Crippen LogP) is 0.870. The van der Waals surface area contributed by atoms with E-state index in [1.54, 1.807) is 0 Å². The summed E-state index contributed by atoms with van der Waals surface area (Å²) in [5, 5.41) is 12.5. The first kappa shape index (κ1) is 14.0. The Hall–Kier alpha value is -1.47. The third-order valence-corrected chi connectivity index (χ3v) is 3.15. The normalized spacial score (nSPS) is 20.6. The zero-order chi connectivity index (χ0) is 13.7. The van der Waals surface area contributed by atoms with Crippen molar-refractivity contribution in [1.29, 1.82) is 0 Å². The van der Waals surface area contributed by atoms with Gasteiger partial charge in [-0.25, -0.2) is 0 Å². The zero-order valence-corrected chi connectivity index (χ0v) is 11.0. The van der Waals surface area contributed by atoms with Crippen LogP contribution in [-0.4, -0.2) is 52.4 Å². The van der Waals surface area contributed by atoms with Gasteiger partial charge in [-0.15, -0.1) is 0 Å². The fourth-order valence-electron chi connectivity index (χ4n) is 2.04. The quantitative estimate of drug-likeness (QED) is 0.819. The first-order chi connectivity index (χ1) is 9.19. The van der Waals surface area contributed by atoms with Gasteiger partial charge in [-0.2, -0.15) is 4.98 Å². The fraction of sp³-hybridized carbons (Fsp3) is 0.750. The molecule has 0 radical (unpaired) electrons. The van der Waals surface area contributed by atoms with Crippen molar-refractivity contribution in [3.63, 3.8) is 0 Å². The molecular weight excluding hydrogens is 250 g/mol. The number of ether oxygens (including phenoxy) is 1. The molecular formula is C12H19N3O4. The molecule has 106 valence electrons. The summed E-state index contributed by atoms with van der Waals surface area (Å²) in [6, 6.07) is 0. The largest absolute Gasteiger partial charge is 0.481 e. The van der Waals surface area contributed by atoms with E-state index in [4.69, 9.17) is 14.4 Å². The van der Waals surface area contributed by atoms with Crippen molar-refractivity contribution in [3.05, 3.63) is 11.7 Å². The Balaban J connectivity index is 1.87. The number of likely N-dealkylation sites (N-methyl/N-ethyl adjacent to an activating group) is 1. The van der Waals surface area contributed by atoms with E-state index in [0.717, 1.165) is 19.6 Å². The second-order valence-electron chi connectivity index (χ2n) is 4.55. The second kappa shape index (κ2) is 6.63. The Morgan fingerprint density at radius 3 is 3.16 bits per heavy atom. The van der Waals surface area contributed by atoms with Crippen LogP contribution in [0.15, 0.2) is 4.52 Å². The highest BCUT2D eigenvalue weighted by Gasteiger charge is 2.25. The number of nitrogens with zero attached hydrogens (tertiary/aromatic N) is 3. The van der Waals surface area contributed by atoms with Crippen LogP contribution >= 0.6 is 0 Å². The molecule has 1 unspecified atom stereocenters. The van der Waals surface area contributed by atoms with Crippen molar-refractivity contribution in [2.24, 2.45) is 0 Å². The van der Waals surface area contributed by atoms with Crippen LogP contribution in [0.25, 0.3) is 0 Å². The van der Waals surface area contributed by atoms with Gasteiger partial charge in [0, 0.05) is 25.9 Å². The van der Waals surface area contributed by atoms with E-state index >= 15 is 0 Å². The van der Waals surface area contributed by atoms with E-state index in [1.165, 1.54) is 0 Å². The van der Waals surface area contributed by atoms with Gasteiger partial charge in [0.1, 0.15) is 6.10 Å². The van der Waals surface area contributed by atoms with E-state index in [9.17, 15) is 4.79 Å². The van der Waals surface area contributed by atoms with Gasteiger partial charge in [0.05, 0.1) is 6.61 Å². The Morgan fingerprint density at radius 1 is 1.58 bits per heavy atom. The van der Waals surface area contributed by atoms with Crippen LogP contribution in [0.3, 0.4) is 0 Å². The third-order valence-electron chi connectivity index (χ3n) is 3.15. The van der Waals surface area contributed by atoms with Gasteiger partial charge in [-0.1, -0.05) is 12.1 Å². The summed E-state index contributed by atoms with van der Waals surface area (Å²) in [7, 11) is 0. The average Bonchev–Trinajstić information content (AvgIpc) is 2.87. The van der Waals surface area contributed by atoms with Crippen molar-refractivity contribution < 1.29 is 19.2 Å². The third kappa shape index (κ3) is 4.00. The summed E-state index contributed by atoms with van der Waals surface area (Å²) < 4.78 is 10.7. The molecule has 1 aliphatic rings. The summed E-state index contributed by atoms with van der Waals surface area (Å²) in [6.45, 7) is 5.45. The SMILES string of the molecule is CCN1CCOC(c2noc(CCCC(=O)O)n2)C1. The molecule has 1 aromatic rings. The highest BCUT2D eigenvalue weighted by Crippen LogP contribution is 2.19. The fourth-order valence-corrected chi connectivity index (χ4v) is 2.04. The number of aromatic nitrogens is 2. The number of aryl methyl sites for hydroxylation is 1. The van der Waals surface area contributed by atoms with Gasteiger partial charge in [-0.3, -0.25) is 9.69 Å². The number of carboxylic acids is 1. The molecule has 2 rings (SSSR count). The van der Waals surface area contributed by atoms with Crippen molar-refractivity contribution in [2.45, 2.75) is 32.3 Å².